The summed E-state index contributed by atoms with van der Waals surface area (Å²) in [5, 5.41) is 12.9. The molecule has 0 radical (unpaired) electrons. The molecule has 1 aromatic heterocycles. The Morgan fingerprint density at radius 2 is 1.75 bits per heavy atom. The Labute approximate surface area is 192 Å². The molecule has 0 spiro atoms. The van der Waals surface area contributed by atoms with Crippen LogP contribution in [0.2, 0.25) is 0 Å². The van der Waals surface area contributed by atoms with Crippen LogP contribution in [0.25, 0.3) is 0 Å². The molecular formula is C25H29NO5S. The summed E-state index contributed by atoms with van der Waals surface area (Å²) in [5.41, 5.74) is 3.45. The second-order valence-corrected chi connectivity index (χ2v) is 9.34. The minimum absolute atomic E-state index is 0.0225. The molecule has 0 fully saturated rings. The number of nitrogens with one attached hydrogen (secondary N) is 1. The molecule has 2 N–H and O–H groups in total. The number of carbonyl (C=O) groups is 3. The van der Waals surface area contributed by atoms with Crippen LogP contribution in [0.5, 0.6) is 0 Å². The van der Waals surface area contributed by atoms with Gasteiger partial charge in [-0.1, -0.05) is 48.4 Å². The van der Waals surface area contributed by atoms with E-state index in [0.29, 0.717) is 23.4 Å². The largest absolute Gasteiger partial charge is 0.481 e. The first kappa shape index (κ1) is 23.7. The number of thiophene rings is 1. The van der Waals surface area contributed by atoms with Crippen molar-refractivity contribution in [3.63, 3.8) is 0 Å². The molecule has 1 aromatic carbocycles. The van der Waals surface area contributed by atoms with Gasteiger partial charge < -0.3 is 15.2 Å². The van der Waals surface area contributed by atoms with Gasteiger partial charge in [-0.25, -0.2) is 4.79 Å². The van der Waals surface area contributed by atoms with Crippen LogP contribution in [-0.4, -0.2) is 29.6 Å². The Bertz CT molecular complexity index is 1040. The van der Waals surface area contributed by atoms with E-state index in [1.165, 1.54) is 11.3 Å². The first-order chi connectivity index (χ1) is 15.2. The molecule has 1 aliphatic carbocycles. The maximum absolute atomic E-state index is 13.2. The molecule has 32 heavy (non-hydrogen) atoms. The quantitative estimate of drug-likeness (QED) is 0.427. The summed E-state index contributed by atoms with van der Waals surface area (Å²) in [7, 11) is 0. The standard InChI is InChI=1S/C25H29NO5S/c1-5-31-25(30)20-13-21(16(4)17-9-7-6-8-10-17)32-23(20)26-22(27)18-11-14(2)15(3)12-19(18)24(28)29/h6-10,13,16,18-19H,5,11-12H2,1-4H3,(H,26,27)(H,28,29)/t16-,18-,19+/m1/s1. The topological polar surface area (TPSA) is 92.7 Å². The molecule has 0 saturated carbocycles. The lowest BCUT2D eigenvalue weighted by molar-refractivity contribution is -0.146. The summed E-state index contributed by atoms with van der Waals surface area (Å²) in [6.45, 7) is 7.84. The van der Waals surface area contributed by atoms with Gasteiger partial charge in [0.2, 0.25) is 5.91 Å². The van der Waals surface area contributed by atoms with Gasteiger partial charge in [-0.2, -0.15) is 0 Å². The molecule has 6 nitrogen and oxygen atoms in total. The number of ether oxygens (including phenoxy) is 1. The van der Waals surface area contributed by atoms with Crippen molar-refractivity contribution in [2.45, 2.75) is 46.5 Å². The van der Waals surface area contributed by atoms with Gasteiger partial charge in [0.1, 0.15) is 5.00 Å². The van der Waals surface area contributed by atoms with Gasteiger partial charge in [0.05, 0.1) is 24.0 Å². The van der Waals surface area contributed by atoms with Crippen LogP contribution < -0.4 is 5.32 Å². The summed E-state index contributed by atoms with van der Waals surface area (Å²) in [5.74, 6) is -3.32. The molecule has 3 rings (SSSR count). The van der Waals surface area contributed by atoms with Gasteiger partial charge in [0.15, 0.2) is 0 Å². The first-order valence-electron chi connectivity index (χ1n) is 10.8. The molecule has 0 aliphatic heterocycles. The highest BCUT2D eigenvalue weighted by Crippen LogP contribution is 2.39. The van der Waals surface area contributed by atoms with Crippen LogP contribution in [0.15, 0.2) is 47.5 Å². The number of carboxylic acid groups (broad SMARTS) is 1. The average Bonchev–Trinajstić information content (AvgIpc) is 3.19. The van der Waals surface area contributed by atoms with E-state index in [9.17, 15) is 19.5 Å². The highest BCUT2D eigenvalue weighted by Gasteiger charge is 2.38. The van der Waals surface area contributed by atoms with Gasteiger partial charge in [-0.05, 0) is 45.2 Å². The maximum atomic E-state index is 13.2. The molecule has 170 valence electrons. The molecule has 2 aromatic rings. The fraction of sp³-hybridized carbons (Fsp3) is 0.400. The number of amides is 1. The molecule has 3 atom stereocenters. The minimum Gasteiger partial charge on any atom is -0.481 e. The fourth-order valence-corrected chi connectivity index (χ4v) is 5.14. The number of hydrogen-bond donors (Lipinski definition) is 2. The maximum Gasteiger partial charge on any atom is 0.341 e. The molecule has 0 unspecified atom stereocenters. The third kappa shape index (κ3) is 5.10. The van der Waals surface area contributed by atoms with Crippen LogP contribution in [0.4, 0.5) is 5.00 Å². The number of carboxylic acids is 1. The van der Waals surface area contributed by atoms with E-state index >= 15 is 0 Å². The number of anilines is 1. The van der Waals surface area contributed by atoms with Gasteiger partial charge in [0, 0.05) is 10.8 Å². The van der Waals surface area contributed by atoms with Crippen molar-refractivity contribution in [2.75, 3.05) is 11.9 Å². The molecule has 0 bridgehead atoms. The molecule has 1 aliphatic rings. The van der Waals surface area contributed by atoms with Crippen LogP contribution in [-0.2, 0) is 14.3 Å². The molecule has 1 heterocycles. The number of allylic oxidation sites excluding steroid dienone is 2. The van der Waals surface area contributed by atoms with E-state index in [-0.39, 0.29) is 18.4 Å². The zero-order valence-corrected chi connectivity index (χ0v) is 19.6. The van der Waals surface area contributed by atoms with Gasteiger partial charge in [-0.3, -0.25) is 9.59 Å². The summed E-state index contributed by atoms with van der Waals surface area (Å²) in [6.07, 6.45) is 0.743. The number of aliphatic carboxylic acids is 1. The van der Waals surface area contributed by atoms with Crippen molar-refractivity contribution in [2.24, 2.45) is 11.8 Å². The van der Waals surface area contributed by atoms with E-state index in [4.69, 9.17) is 4.74 Å². The van der Waals surface area contributed by atoms with Crippen molar-refractivity contribution in [3.8, 4) is 0 Å². The second kappa shape index (κ2) is 10.1. The van der Waals surface area contributed by atoms with Crippen molar-refractivity contribution in [3.05, 3.63) is 63.5 Å². The number of hydrogen-bond acceptors (Lipinski definition) is 5. The van der Waals surface area contributed by atoms with Gasteiger partial charge in [0.25, 0.3) is 0 Å². The SMILES string of the molecule is CCOC(=O)c1cc([C@H](C)c2ccccc2)sc1NC(=O)[C@@H]1CC(C)=C(C)C[C@@H]1C(=O)O. The predicted octanol–water partition coefficient (Wildman–Crippen LogP) is 5.46. The van der Waals surface area contributed by atoms with E-state index in [1.54, 1.807) is 13.0 Å². The van der Waals surface area contributed by atoms with Crippen molar-refractivity contribution in [1.29, 1.82) is 0 Å². The third-order valence-electron chi connectivity index (χ3n) is 6.13. The van der Waals surface area contributed by atoms with Crippen LogP contribution >= 0.6 is 11.3 Å². The Hall–Kier alpha value is -2.93. The smallest absolute Gasteiger partial charge is 0.341 e. The van der Waals surface area contributed by atoms with E-state index in [0.717, 1.165) is 21.6 Å². The number of benzene rings is 1. The van der Waals surface area contributed by atoms with Crippen LogP contribution in [0.3, 0.4) is 0 Å². The molecule has 1 amide bonds. The molecule has 7 heteroatoms. The lowest BCUT2D eigenvalue weighted by Gasteiger charge is -2.29. The highest BCUT2D eigenvalue weighted by atomic mass is 32.1. The number of carbonyl (C=O) groups excluding carboxylic acids is 2. The van der Waals surface area contributed by atoms with Crippen LogP contribution in [0, 0.1) is 11.8 Å². The highest BCUT2D eigenvalue weighted by molar-refractivity contribution is 7.16. The fourth-order valence-electron chi connectivity index (χ4n) is 4.01. The summed E-state index contributed by atoms with van der Waals surface area (Å²) >= 11 is 1.33. The average molecular weight is 456 g/mol. The number of rotatable bonds is 7. The van der Waals surface area contributed by atoms with E-state index in [2.05, 4.69) is 5.32 Å². The van der Waals surface area contributed by atoms with E-state index < -0.39 is 23.8 Å². The van der Waals surface area contributed by atoms with Crippen molar-refractivity contribution < 1.29 is 24.2 Å². The minimum atomic E-state index is -0.979. The zero-order valence-electron chi connectivity index (χ0n) is 18.8. The van der Waals surface area contributed by atoms with Crippen molar-refractivity contribution in [1.82, 2.24) is 0 Å². The summed E-state index contributed by atoms with van der Waals surface area (Å²) in [6, 6.07) is 11.7. The lowest BCUT2D eigenvalue weighted by Crippen LogP contribution is -2.36. The normalized spacial score (nSPS) is 19.4. The third-order valence-corrected chi connectivity index (χ3v) is 7.36. The van der Waals surface area contributed by atoms with Crippen molar-refractivity contribution >= 4 is 34.2 Å². The summed E-state index contributed by atoms with van der Waals surface area (Å²) in [4.78, 5) is 38.5. The molecular weight excluding hydrogens is 426 g/mol. The monoisotopic (exact) mass is 455 g/mol. The Morgan fingerprint density at radius 3 is 2.34 bits per heavy atom. The van der Waals surface area contributed by atoms with Crippen LogP contribution in [0.1, 0.15) is 67.3 Å². The number of esters is 1. The van der Waals surface area contributed by atoms with E-state index in [1.807, 2.05) is 51.1 Å². The Morgan fingerprint density at radius 1 is 1.12 bits per heavy atom. The lowest BCUT2D eigenvalue weighted by atomic mass is 9.76. The van der Waals surface area contributed by atoms with Gasteiger partial charge >= 0.3 is 11.9 Å². The second-order valence-electron chi connectivity index (χ2n) is 8.25. The van der Waals surface area contributed by atoms with Gasteiger partial charge in [-0.15, -0.1) is 11.3 Å². The first-order valence-corrected chi connectivity index (χ1v) is 11.6. The Balaban J connectivity index is 1.92. The Kier molecular flexibility index (Phi) is 7.51. The summed E-state index contributed by atoms with van der Waals surface area (Å²) < 4.78 is 5.20. The predicted molar refractivity (Wildman–Crippen MR) is 125 cm³/mol. The zero-order chi connectivity index (χ0) is 23.4. The molecule has 0 saturated heterocycles.